The van der Waals surface area contributed by atoms with Gasteiger partial charge in [-0.05, 0) is 64.0 Å². The summed E-state index contributed by atoms with van der Waals surface area (Å²) < 4.78 is 12.8. The molecule has 1 fully saturated rings. The maximum Gasteiger partial charge on any atom is 0.184 e. The zero-order valence-electron chi connectivity index (χ0n) is 14.2. The summed E-state index contributed by atoms with van der Waals surface area (Å²) in [7, 11) is -2.96. The van der Waals surface area contributed by atoms with Gasteiger partial charge in [-0.15, -0.1) is 0 Å². The van der Waals surface area contributed by atoms with E-state index in [1.807, 2.05) is 0 Å². The quantitative estimate of drug-likeness (QED) is 0.651. The summed E-state index contributed by atoms with van der Waals surface area (Å²) in [5.74, 6) is 1.58. The van der Waals surface area contributed by atoms with E-state index in [9.17, 15) is 0 Å². The predicted octanol–water partition coefficient (Wildman–Crippen LogP) is 4.88. The van der Waals surface area contributed by atoms with Crippen molar-refractivity contribution in [3.63, 3.8) is 0 Å². The molecule has 0 saturated heterocycles. The van der Waals surface area contributed by atoms with Gasteiger partial charge in [-0.1, -0.05) is 20.3 Å². The van der Waals surface area contributed by atoms with Gasteiger partial charge in [-0.2, -0.15) is 0 Å². The molecule has 4 heteroatoms. The normalized spacial score (nSPS) is 30.6. The third kappa shape index (κ3) is 6.11. The van der Waals surface area contributed by atoms with Gasteiger partial charge in [0, 0.05) is 0 Å². The number of rotatable bonds is 6. The zero-order chi connectivity index (χ0) is 14.8. The second-order valence-electron chi connectivity index (χ2n) is 8.15. The highest BCUT2D eigenvalue weighted by Crippen LogP contribution is 2.38. The Kier molecular flexibility index (Phi) is 5.88. The van der Waals surface area contributed by atoms with Crippen LogP contribution in [0, 0.1) is 11.8 Å². The topological polar surface area (TPSA) is 18.5 Å². The first-order valence-electron chi connectivity index (χ1n) is 7.87. The van der Waals surface area contributed by atoms with Gasteiger partial charge in [0.25, 0.3) is 0 Å². The van der Waals surface area contributed by atoms with E-state index in [4.69, 9.17) is 8.85 Å². The zero-order valence-corrected chi connectivity index (χ0v) is 16.2. The Morgan fingerprint density at radius 3 is 1.53 bits per heavy atom. The summed E-state index contributed by atoms with van der Waals surface area (Å²) in [5, 5.41) is 0. The molecule has 0 aromatic heterocycles. The van der Waals surface area contributed by atoms with E-state index in [1.54, 1.807) is 0 Å². The van der Waals surface area contributed by atoms with E-state index < -0.39 is 16.6 Å². The summed E-state index contributed by atoms with van der Waals surface area (Å²) >= 11 is 0. The standard InChI is InChI=1S/C15H34O2Si2/c1-9-12(2)13-10-14(16-18(3,4)5)15(11-13)17-19(6,7)8/h12-15H,9-11H2,1-8H3. The van der Waals surface area contributed by atoms with Crippen molar-refractivity contribution in [3.8, 4) is 0 Å². The average Bonchev–Trinajstić information content (AvgIpc) is 2.55. The molecular weight excluding hydrogens is 268 g/mol. The highest BCUT2D eigenvalue weighted by atomic mass is 28.4. The second kappa shape index (κ2) is 6.41. The fourth-order valence-electron chi connectivity index (χ4n) is 2.95. The fraction of sp³-hybridized carbons (Fsp3) is 1.00. The number of hydrogen-bond donors (Lipinski definition) is 0. The molecule has 3 unspecified atom stereocenters. The average molecular weight is 303 g/mol. The van der Waals surface area contributed by atoms with Gasteiger partial charge < -0.3 is 8.85 Å². The van der Waals surface area contributed by atoms with Crippen molar-refractivity contribution < 1.29 is 8.85 Å². The van der Waals surface area contributed by atoms with E-state index in [2.05, 4.69) is 53.1 Å². The van der Waals surface area contributed by atoms with Crippen LogP contribution in [0.2, 0.25) is 39.3 Å². The Labute approximate surface area is 122 Å². The van der Waals surface area contributed by atoms with E-state index in [1.165, 1.54) is 19.3 Å². The molecule has 114 valence electrons. The molecule has 0 heterocycles. The molecule has 3 atom stereocenters. The molecule has 0 aromatic carbocycles. The molecule has 1 aliphatic rings. The molecule has 0 spiro atoms. The van der Waals surface area contributed by atoms with Crippen LogP contribution in [-0.4, -0.2) is 28.8 Å². The Bertz CT molecular complexity index is 257. The summed E-state index contributed by atoms with van der Waals surface area (Å²) in [5.41, 5.74) is 0. The van der Waals surface area contributed by atoms with E-state index in [0.717, 1.165) is 11.8 Å². The predicted molar refractivity (Wildman–Crippen MR) is 88.6 cm³/mol. The van der Waals surface area contributed by atoms with Crippen molar-refractivity contribution in [2.24, 2.45) is 11.8 Å². The Morgan fingerprint density at radius 1 is 0.895 bits per heavy atom. The lowest BCUT2D eigenvalue weighted by atomic mass is 9.90. The van der Waals surface area contributed by atoms with Crippen molar-refractivity contribution >= 4 is 16.6 Å². The van der Waals surface area contributed by atoms with E-state index in [0.29, 0.717) is 12.2 Å². The van der Waals surface area contributed by atoms with Crippen LogP contribution in [-0.2, 0) is 8.85 Å². The van der Waals surface area contributed by atoms with Crippen molar-refractivity contribution in [2.75, 3.05) is 0 Å². The minimum atomic E-state index is -1.48. The van der Waals surface area contributed by atoms with E-state index in [-0.39, 0.29) is 0 Å². The van der Waals surface area contributed by atoms with Gasteiger partial charge in [0.15, 0.2) is 16.6 Å². The molecule has 2 nitrogen and oxygen atoms in total. The highest BCUT2D eigenvalue weighted by Gasteiger charge is 2.41. The van der Waals surface area contributed by atoms with Crippen molar-refractivity contribution in [3.05, 3.63) is 0 Å². The molecule has 19 heavy (non-hydrogen) atoms. The van der Waals surface area contributed by atoms with Crippen LogP contribution in [0.25, 0.3) is 0 Å². The molecule has 0 N–H and O–H groups in total. The van der Waals surface area contributed by atoms with Crippen LogP contribution >= 0.6 is 0 Å². The molecule has 0 aromatic rings. The maximum absolute atomic E-state index is 6.42. The van der Waals surface area contributed by atoms with Gasteiger partial charge in [0.1, 0.15) is 0 Å². The summed E-state index contributed by atoms with van der Waals surface area (Å²) in [4.78, 5) is 0. The molecule has 0 aliphatic heterocycles. The lowest BCUT2D eigenvalue weighted by molar-refractivity contribution is 0.0679. The molecule has 0 amide bonds. The first kappa shape index (κ1) is 17.4. The lowest BCUT2D eigenvalue weighted by Crippen LogP contribution is -2.41. The molecule has 1 aliphatic carbocycles. The van der Waals surface area contributed by atoms with Crippen LogP contribution < -0.4 is 0 Å². The largest absolute Gasteiger partial charge is 0.412 e. The summed E-state index contributed by atoms with van der Waals surface area (Å²) in [6.07, 6.45) is 4.36. The number of hydrogen-bond acceptors (Lipinski definition) is 2. The Hall–Kier alpha value is 0.354. The van der Waals surface area contributed by atoms with Crippen molar-refractivity contribution in [1.29, 1.82) is 0 Å². The smallest absolute Gasteiger partial charge is 0.184 e. The van der Waals surface area contributed by atoms with Gasteiger partial charge in [0.2, 0.25) is 0 Å². The summed E-state index contributed by atoms with van der Waals surface area (Å²) in [6, 6.07) is 0. The maximum atomic E-state index is 6.42. The van der Waals surface area contributed by atoms with Crippen molar-refractivity contribution in [1.82, 2.24) is 0 Å². The molecule has 1 saturated carbocycles. The van der Waals surface area contributed by atoms with E-state index >= 15 is 0 Å². The second-order valence-corrected chi connectivity index (χ2v) is 17.1. The SMILES string of the molecule is CCC(C)C1CC(O[Si](C)(C)C)C(O[Si](C)(C)C)C1. The van der Waals surface area contributed by atoms with Gasteiger partial charge in [-0.25, -0.2) is 0 Å². The third-order valence-corrected chi connectivity index (χ3v) is 5.96. The van der Waals surface area contributed by atoms with Crippen molar-refractivity contribution in [2.45, 2.75) is 84.6 Å². The van der Waals surface area contributed by atoms with Gasteiger partial charge >= 0.3 is 0 Å². The molecular formula is C15H34O2Si2. The van der Waals surface area contributed by atoms with Gasteiger partial charge in [0.05, 0.1) is 12.2 Å². The van der Waals surface area contributed by atoms with Crippen LogP contribution in [0.4, 0.5) is 0 Å². The Balaban J connectivity index is 2.73. The fourth-order valence-corrected chi connectivity index (χ4v) is 5.26. The van der Waals surface area contributed by atoms with Gasteiger partial charge in [-0.3, -0.25) is 0 Å². The van der Waals surface area contributed by atoms with Crippen LogP contribution in [0.3, 0.4) is 0 Å². The lowest BCUT2D eigenvalue weighted by Gasteiger charge is -2.31. The van der Waals surface area contributed by atoms with Crippen LogP contribution in [0.1, 0.15) is 33.1 Å². The highest BCUT2D eigenvalue weighted by molar-refractivity contribution is 6.70. The van der Waals surface area contributed by atoms with Crippen LogP contribution in [0.5, 0.6) is 0 Å². The first-order chi connectivity index (χ1) is 8.52. The molecule has 1 rings (SSSR count). The molecule has 0 radical (unpaired) electrons. The minimum Gasteiger partial charge on any atom is -0.412 e. The first-order valence-corrected chi connectivity index (χ1v) is 14.7. The summed E-state index contributed by atoms with van der Waals surface area (Å²) in [6.45, 7) is 18.4. The van der Waals surface area contributed by atoms with Crippen LogP contribution in [0.15, 0.2) is 0 Å². The molecule has 0 bridgehead atoms. The monoisotopic (exact) mass is 302 g/mol. The third-order valence-electron chi connectivity index (χ3n) is 3.94. The minimum absolute atomic E-state index is 0.345. The Morgan fingerprint density at radius 2 is 1.26 bits per heavy atom.